The van der Waals surface area contributed by atoms with E-state index in [1.165, 1.54) is 12.8 Å². The molecule has 1 aromatic rings. The molecule has 19 heavy (non-hydrogen) atoms. The molecule has 1 aromatic heterocycles. The molecule has 106 valence electrons. The fourth-order valence-corrected chi connectivity index (χ4v) is 1.73. The van der Waals surface area contributed by atoms with Crippen molar-refractivity contribution in [1.82, 2.24) is 10.6 Å². The van der Waals surface area contributed by atoms with Gasteiger partial charge in [-0.1, -0.05) is 0 Å². The van der Waals surface area contributed by atoms with Crippen LogP contribution in [-0.2, 0) is 11.2 Å². The predicted molar refractivity (Wildman–Crippen MR) is 75.3 cm³/mol. The van der Waals surface area contributed by atoms with Gasteiger partial charge in [0.1, 0.15) is 5.76 Å². The molecule has 0 aromatic carbocycles. The highest BCUT2D eigenvalue weighted by Crippen LogP contribution is 2.28. The highest BCUT2D eigenvalue weighted by atomic mass is 16.5. The van der Waals surface area contributed by atoms with Gasteiger partial charge in [-0.25, -0.2) is 0 Å². The quantitative estimate of drug-likeness (QED) is 0.424. The lowest BCUT2D eigenvalue weighted by atomic mass is 10.3. The molecule has 1 aliphatic carbocycles. The van der Waals surface area contributed by atoms with E-state index in [9.17, 15) is 0 Å². The molecule has 0 bridgehead atoms. The summed E-state index contributed by atoms with van der Waals surface area (Å²) in [5.74, 6) is 2.66. The number of methoxy groups -OCH3 is 1. The van der Waals surface area contributed by atoms with Gasteiger partial charge in [0.15, 0.2) is 5.96 Å². The highest BCUT2D eigenvalue weighted by molar-refractivity contribution is 5.79. The lowest BCUT2D eigenvalue weighted by Gasteiger charge is -2.11. The van der Waals surface area contributed by atoms with Crippen LogP contribution in [0.1, 0.15) is 18.6 Å². The molecule has 0 spiro atoms. The second-order valence-corrected chi connectivity index (χ2v) is 4.81. The smallest absolute Gasteiger partial charge is 0.191 e. The molecule has 0 saturated heterocycles. The third-order valence-corrected chi connectivity index (χ3v) is 3.05. The molecule has 1 aliphatic rings. The predicted octanol–water partition coefficient (Wildman–Crippen LogP) is 1.41. The van der Waals surface area contributed by atoms with Crippen molar-refractivity contribution in [3.05, 3.63) is 24.2 Å². The van der Waals surface area contributed by atoms with E-state index in [1.807, 2.05) is 12.1 Å². The zero-order valence-corrected chi connectivity index (χ0v) is 11.5. The molecule has 0 unspecified atom stereocenters. The fourth-order valence-electron chi connectivity index (χ4n) is 1.73. The van der Waals surface area contributed by atoms with Crippen molar-refractivity contribution in [3.8, 4) is 0 Å². The van der Waals surface area contributed by atoms with Crippen LogP contribution in [0.2, 0.25) is 0 Å². The van der Waals surface area contributed by atoms with E-state index >= 15 is 0 Å². The number of ether oxygens (including phenoxy) is 1. The largest absolute Gasteiger partial charge is 0.469 e. The van der Waals surface area contributed by atoms with Crippen LogP contribution >= 0.6 is 0 Å². The van der Waals surface area contributed by atoms with Gasteiger partial charge in [0.2, 0.25) is 0 Å². The molecule has 1 fully saturated rings. The maximum Gasteiger partial charge on any atom is 0.191 e. The van der Waals surface area contributed by atoms with Crippen molar-refractivity contribution in [2.24, 2.45) is 10.9 Å². The second kappa shape index (κ2) is 7.84. The number of rotatable bonds is 8. The Bertz CT molecular complexity index is 372. The van der Waals surface area contributed by atoms with Gasteiger partial charge < -0.3 is 19.8 Å². The van der Waals surface area contributed by atoms with E-state index in [2.05, 4.69) is 15.6 Å². The molecule has 5 nitrogen and oxygen atoms in total. The topological polar surface area (TPSA) is 58.8 Å². The van der Waals surface area contributed by atoms with E-state index in [4.69, 9.17) is 9.15 Å². The van der Waals surface area contributed by atoms with Crippen LogP contribution in [-0.4, -0.2) is 39.3 Å². The molecular formula is C14H23N3O2. The average molecular weight is 265 g/mol. The summed E-state index contributed by atoms with van der Waals surface area (Å²) in [6, 6.07) is 3.90. The lowest BCUT2D eigenvalue weighted by molar-refractivity contribution is 0.203. The average Bonchev–Trinajstić information content (AvgIpc) is 3.11. The van der Waals surface area contributed by atoms with Crippen molar-refractivity contribution in [1.29, 1.82) is 0 Å². The minimum absolute atomic E-state index is 0.683. The number of hydrogen-bond donors (Lipinski definition) is 2. The van der Waals surface area contributed by atoms with Crippen LogP contribution in [0.4, 0.5) is 0 Å². The van der Waals surface area contributed by atoms with Gasteiger partial charge in [-0.15, -0.1) is 0 Å². The minimum atomic E-state index is 0.683. The molecule has 0 radical (unpaired) electrons. The first-order valence-electron chi connectivity index (χ1n) is 6.92. The number of hydrogen-bond acceptors (Lipinski definition) is 3. The molecule has 2 rings (SSSR count). The Hall–Kier alpha value is -1.49. The molecule has 1 saturated carbocycles. The number of aliphatic imine (C=N–C) groups is 1. The zero-order chi connectivity index (χ0) is 13.3. The van der Waals surface area contributed by atoms with Gasteiger partial charge in [0.25, 0.3) is 0 Å². The molecule has 0 atom stereocenters. The first-order valence-corrected chi connectivity index (χ1v) is 6.92. The molecule has 5 heteroatoms. The molecule has 1 heterocycles. The summed E-state index contributed by atoms with van der Waals surface area (Å²) < 4.78 is 10.3. The van der Waals surface area contributed by atoms with Gasteiger partial charge in [-0.05, 0) is 30.9 Å². The van der Waals surface area contributed by atoms with Gasteiger partial charge >= 0.3 is 0 Å². The summed E-state index contributed by atoms with van der Waals surface area (Å²) in [4.78, 5) is 4.58. The molecule has 0 amide bonds. The van der Waals surface area contributed by atoms with Gasteiger partial charge in [-0.2, -0.15) is 0 Å². The third-order valence-electron chi connectivity index (χ3n) is 3.05. The van der Waals surface area contributed by atoms with Gasteiger partial charge in [-0.3, -0.25) is 4.99 Å². The summed E-state index contributed by atoms with van der Waals surface area (Å²) in [6.45, 7) is 3.19. The Morgan fingerprint density at radius 1 is 1.42 bits per heavy atom. The van der Waals surface area contributed by atoms with Crippen molar-refractivity contribution < 1.29 is 9.15 Å². The van der Waals surface area contributed by atoms with Gasteiger partial charge in [0.05, 0.1) is 12.9 Å². The van der Waals surface area contributed by atoms with E-state index in [0.29, 0.717) is 6.61 Å². The van der Waals surface area contributed by atoms with Crippen molar-refractivity contribution in [2.75, 3.05) is 33.4 Å². The third kappa shape index (κ3) is 5.79. The maximum atomic E-state index is 5.30. The minimum Gasteiger partial charge on any atom is -0.469 e. The number of guanidine groups is 1. The molecule has 2 N–H and O–H groups in total. The Morgan fingerprint density at radius 3 is 2.95 bits per heavy atom. The monoisotopic (exact) mass is 265 g/mol. The van der Waals surface area contributed by atoms with E-state index in [-0.39, 0.29) is 0 Å². The Kier molecular flexibility index (Phi) is 5.75. The fraction of sp³-hybridized carbons (Fsp3) is 0.643. The lowest BCUT2D eigenvalue weighted by Crippen LogP contribution is -2.40. The summed E-state index contributed by atoms with van der Waals surface area (Å²) in [5, 5.41) is 6.59. The van der Waals surface area contributed by atoms with Gasteiger partial charge in [0, 0.05) is 33.2 Å². The van der Waals surface area contributed by atoms with Crippen LogP contribution in [0.5, 0.6) is 0 Å². The Morgan fingerprint density at radius 2 is 2.26 bits per heavy atom. The first-order chi connectivity index (χ1) is 9.38. The zero-order valence-electron chi connectivity index (χ0n) is 11.5. The highest BCUT2D eigenvalue weighted by Gasteiger charge is 2.20. The number of nitrogens with zero attached hydrogens (tertiary/aromatic N) is 1. The number of furan rings is 1. The maximum absolute atomic E-state index is 5.30. The number of nitrogens with one attached hydrogen (secondary N) is 2. The van der Waals surface area contributed by atoms with E-state index in [1.54, 1.807) is 13.4 Å². The van der Waals surface area contributed by atoms with Crippen LogP contribution in [0, 0.1) is 5.92 Å². The summed E-state index contributed by atoms with van der Waals surface area (Å²) >= 11 is 0. The second-order valence-electron chi connectivity index (χ2n) is 4.81. The summed E-state index contributed by atoms with van der Waals surface area (Å²) in [5.41, 5.74) is 0. The summed E-state index contributed by atoms with van der Waals surface area (Å²) in [7, 11) is 1.70. The summed E-state index contributed by atoms with van der Waals surface area (Å²) in [6.07, 6.45) is 5.21. The van der Waals surface area contributed by atoms with E-state index < -0.39 is 0 Å². The van der Waals surface area contributed by atoms with Crippen LogP contribution in [0.3, 0.4) is 0 Å². The standard InChI is InChI=1S/C14H23N3O2/c1-18-10-8-16-14(17-11-12-4-5-12)15-7-6-13-3-2-9-19-13/h2-3,9,12H,4-8,10-11H2,1H3,(H2,15,16,17). The van der Waals surface area contributed by atoms with Crippen molar-refractivity contribution >= 4 is 5.96 Å². The normalized spacial score (nSPS) is 15.5. The Balaban J connectivity index is 1.70. The van der Waals surface area contributed by atoms with Crippen LogP contribution < -0.4 is 10.6 Å². The SMILES string of the molecule is COCCNC(=NCC1CC1)NCCc1ccco1. The van der Waals surface area contributed by atoms with E-state index in [0.717, 1.165) is 43.7 Å². The molecule has 0 aliphatic heterocycles. The van der Waals surface area contributed by atoms with Crippen LogP contribution in [0.15, 0.2) is 27.8 Å². The van der Waals surface area contributed by atoms with Crippen LogP contribution in [0.25, 0.3) is 0 Å². The van der Waals surface area contributed by atoms with Crippen molar-refractivity contribution in [3.63, 3.8) is 0 Å². The molecular weight excluding hydrogens is 242 g/mol. The first kappa shape index (κ1) is 13.9. The Labute approximate surface area is 114 Å². The van der Waals surface area contributed by atoms with Crippen molar-refractivity contribution in [2.45, 2.75) is 19.3 Å².